The summed E-state index contributed by atoms with van der Waals surface area (Å²) in [6.07, 6.45) is 37.3. The molecule has 2 unspecified atom stereocenters. The van der Waals surface area contributed by atoms with E-state index in [2.05, 4.69) is 33.0 Å². The van der Waals surface area contributed by atoms with E-state index in [1.807, 2.05) is 0 Å². The first-order chi connectivity index (χ1) is 24.8. The van der Waals surface area contributed by atoms with Crippen LogP contribution < -0.4 is 11.1 Å². The minimum atomic E-state index is -1.17. The van der Waals surface area contributed by atoms with Gasteiger partial charge in [0.25, 0.3) is 0 Å². The maximum Gasteiger partial charge on any atom is 0.405 e. The summed E-state index contributed by atoms with van der Waals surface area (Å²) in [6, 6.07) is -1.15. The molecular weight excluding hydrogens is 640 g/mol. The molecule has 8 nitrogen and oxygen atoms in total. The van der Waals surface area contributed by atoms with E-state index in [4.69, 9.17) is 20.3 Å². The lowest BCUT2D eigenvalue weighted by Gasteiger charge is -2.15. The highest BCUT2D eigenvalue weighted by molar-refractivity contribution is 5.80. The molecular formula is C43H86N2O6. The number of rotatable bonds is 37. The van der Waals surface area contributed by atoms with Crippen molar-refractivity contribution in [1.82, 2.24) is 5.32 Å². The van der Waals surface area contributed by atoms with Crippen molar-refractivity contribution in [3.63, 3.8) is 0 Å². The number of hydrogen-bond acceptors (Lipinski definition) is 6. The minimum Gasteiger partial charge on any atom is -0.465 e. The predicted octanol–water partition coefficient (Wildman–Crippen LogP) is 12.6. The van der Waals surface area contributed by atoms with Gasteiger partial charge < -0.3 is 25.6 Å². The van der Waals surface area contributed by atoms with Gasteiger partial charge in [0.15, 0.2) is 0 Å². The molecule has 0 heterocycles. The zero-order chi connectivity index (χ0) is 38.0. The summed E-state index contributed by atoms with van der Waals surface area (Å²) in [4.78, 5) is 34.5. The molecule has 0 aromatic carbocycles. The fraction of sp³-hybridized carbons (Fsp3) is 0.930. The monoisotopic (exact) mass is 727 g/mol. The smallest absolute Gasteiger partial charge is 0.405 e. The number of carbonyl (C=O) groups is 3. The van der Waals surface area contributed by atoms with Crippen LogP contribution in [0.25, 0.3) is 0 Å². The van der Waals surface area contributed by atoms with Crippen LogP contribution in [0.1, 0.15) is 233 Å². The summed E-state index contributed by atoms with van der Waals surface area (Å²) in [7, 11) is 0. The molecule has 0 spiro atoms. The predicted molar refractivity (Wildman–Crippen MR) is 215 cm³/mol. The Morgan fingerprint density at radius 1 is 0.451 bits per heavy atom. The number of esters is 2. The van der Waals surface area contributed by atoms with E-state index < -0.39 is 24.1 Å². The molecule has 0 bridgehead atoms. The van der Waals surface area contributed by atoms with Gasteiger partial charge in [0.05, 0.1) is 13.2 Å². The zero-order valence-corrected chi connectivity index (χ0v) is 34.3. The number of nitrogens with one attached hydrogen (secondary N) is 1. The SMILES string of the molecule is CCCCCCCCCCCCCCOC(=O)C(CCCCC)NC(=O)O.CCCCCCCCCCCCCCOC(=O)C(N)CCCCC. The van der Waals surface area contributed by atoms with E-state index in [9.17, 15) is 14.4 Å². The average Bonchev–Trinajstić information content (AvgIpc) is 3.11. The molecule has 0 rings (SSSR count). The van der Waals surface area contributed by atoms with Crippen molar-refractivity contribution < 1.29 is 29.0 Å². The molecule has 0 aliphatic rings. The molecule has 0 fully saturated rings. The van der Waals surface area contributed by atoms with E-state index >= 15 is 0 Å². The first-order valence-electron chi connectivity index (χ1n) is 21.9. The standard InChI is InChI=1S/C22H43NO4.C21H43NO2/c1-3-5-7-8-9-10-11-12-13-14-15-17-19-27-21(24)20(23-22(25)26)18-16-6-4-2;1-3-5-7-8-9-10-11-12-13-14-15-17-19-24-21(23)20(22)18-16-6-4-2/h20,23H,3-19H2,1-2H3,(H,25,26);20H,3-19,22H2,1-2H3. The Morgan fingerprint density at radius 2 is 0.745 bits per heavy atom. The van der Waals surface area contributed by atoms with Gasteiger partial charge in [-0.3, -0.25) is 4.79 Å². The summed E-state index contributed by atoms with van der Waals surface area (Å²) in [5.74, 6) is -0.647. The Balaban J connectivity index is 0. The van der Waals surface area contributed by atoms with Gasteiger partial charge in [0, 0.05) is 0 Å². The number of hydrogen-bond donors (Lipinski definition) is 3. The average molecular weight is 727 g/mol. The number of carbonyl (C=O) groups excluding carboxylic acids is 2. The van der Waals surface area contributed by atoms with Crippen LogP contribution in [0.2, 0.25) is 0 Å². The second kappa shape index (κ2) is 42.6. The summed E-state index contributed by atoms with van der Waals surface area (Å²) < 4.78 is 10.5. The largest absolute Gasteiger partial charge is 0.465 e. The summed E-state index contributed by atoms with van der Waals surface area (Å²) in [5, 5.41) is 11.1. The van der Waals surface area contributed by atoms with Crippen molar-refractivity contribution in [2.45, 2.75) is 245 Å². The minimum absolute atomic E-state index is 0.214. The third kappa shape index (κ3) is 40.8. The van der Waals surface area contributed by atoms with Gasteiger partial charge >= 0.3 is 18.0 Å². The van der Waals surface area contributed by atoms with Crippen LogP contribution in [0.5, 0.6) is 0 Å². The van der Waals surface area contributed by atoms with Crippen LogP contribution in [-0.4, -0.2) is 48.4 Å². The summed E-state index contributed by atoms with van der Waals surface area (Å²) >= 11 is 0. The molecule has 0 saturated heterocycles. The van der Waals surface area contributed by atoms with Crippen LogP contribution in [-0.2, 0) is 19.1 Å². The molecule has 0 aliphatic heterocycles. The van der Waals surface area contributed by atoms with Gasteiger partial charge in [0.1, 0.15) is 12.1 Å². The van der Waals surface area contributed by atoms with Crippen LogP contribution in [0, 0.1) is 0 Å². The fourth-order valence-corrected chi connectivity index (χ4v) is 6.17. The molecule has 1 amide bonds. The van der Waals surface area contributed by atoms with E-state index in [-0.39, 0.29) is 5.97 Å². The molecule has 304 valence electrons. The molecule has 4 N–H and O–H groups in total. The van der Waals surface area contributed by atoms with Crippen molar-refractivity contribution in [1.29, 1.82) is 0 Å². The maximum absolute atomic E-state index is 12.0. The van der Waals surface area contributed by atoms with Crippen molar-refractivity contribution >= 4 is 18.0 Å². The maximum atomic E-state index is 12.0. The zero-order valence-electron chi connectivity index (χ0n) is 34.3. The molecule has 51 heavy (non-hydrogen) atoms. The lowest BCUT2D eigenvalue weighted by atomic mass is 10.1. The van der Waals surface area contributed by atoms with Crippen molar-refractivity contribution in [2.75, 3.05) is 13.2 Å². The number of carboxylic acid groups (broad SMARTS) is 1. The molecule has 0 aromatic rings. The summed E-state index contributed by atoms with van der Waals surface area (Å²) in [6.45, 7) is 9.67. The number of amides is 1. The van der Waals surface area contributed by atoms with Crippen LogP contribution in [0.3, 0.4) is 0 Å². The first-order valence-corrected chi connectivity index (χ1v) is 21.9. The number of ether oxygens (including phenoxy) is 2. The Bertz CT molecular complexity index is 750. The van der Waals surface area contributed by atoms with Crippen LogP contribution >= 0.6 is 0 Å². The second-order valence-electron chi connectivity index (χ2n) is 14.7. The van der Waals surface area contributed by atoms with Crippen molar-refractivity contribution in [3.8, 4) is 0 Å². The highest BCUT2D eigenvalue weighted by Crippen LogP contribution is 2.14. The van der Waals surface area contributed by atoms with E-state index in [0.29, 0.717) is 19.6 Å². The fourth-order valence-electron chi connectivity index (χ4n) is 6.17. The molecule has 8 heteroatoms. The molecule has 0 saturated carbocycles. The van der Waals surface area contributed by atoms with Gasteiger partial charge in [0.2, 0.25) is 0 Å². The van der Waals surface area contributed by atoms with E-state index in [1.165, 1.54) is 128 Å². The molecule has 2 atom stereocenters. The van der Waals surface area contributed by atoms with Gasteiger partial charge in [-0.05, 0) is 25.7 Å². The molecule has 0 aliphatic carbocycles. The lowest BCUT2D eigenvalue weighted by Crippen LogP contribution is -2.41. The third-order valence-electron chi connectivity index (χ3n) is 9.58. The molecule has 0 radical (unpaired) electrons. The van der Waals surface area contributed by atoms with E-state index in [1.54, 1.807) is 0 Å². The summed E-state index contributed by atoms with van der Waals surface area (Å²) in [5.41, 5.74) is 5.83. The van der Waals surface area contributed by atoms with E-state index in [0.717, 1.165) is 70.6 Å². The highest BCUT2D eigenvalue weighted by atomic mass is 16.5. The Morgan fingerprint density at radius 3 is 1.10 bits per heavy atom. The normalized spacial score (nSPS) is 12.1. The number of nitrogens with two attached hydrogens (primary N) is 1. The van der Waals surface area contributed by atoms with Gasteiger partial charge in [-0.1, -0.05) is 207 Å². The third-order valence-corrected chi connectivity index (χ3v) is 9.58. The van der Waals surface area contributed by atoms with Gasteiger partial charge in [-0.2, -0.15) is 0 Å². The van der Waals surface area contributed by atoms with Gasteiger partial charge in [-0.25, -0.2) is 9.59 Å². The second-order valence-corrected chi connectivity index (χ2v) is 14.7. The Hall–Kier alpha value is -1.83. The van der Waals surface area contributed by atoms with Crippen LogP contribution in [0.15, 0.2) is 0 Å². The Kier molecular flexibility index (Phi) is 42.8. The number of unbranched alkanes of at least 4 members (excludes halogenated alkanes) is 26. The lowest BCUT2D eigenvalue weighted by molar-refractivity contribution is -0.146. The van der Waals surface area contributed by atoms with Crippen LogP contribution in [0.4, 0.5) is 4.79 Å². The highest BCUT2D eigenvalue weighted by Gasteiger charge is 2.21. The van der Waals surface area contributed by atoms with Crippen molar-refractivity contribution in [3.05, 3.63) is 0 Å². The first kappa shape index (κ1) is 51.3. The topological polar surface area (TPSA) is 128 Å². The quantitative estimate of drug-likeness (QED) is 0.0429. The van der Waals surface area contributed by atoms with Gasteiger partial charge in [-0.15, -0.1) is 0 Å². The van der Waals surface area contributed by atoms with Crippen molar-refractivity contribution in [2.24, 2.45) is 5.73 Å². The molecule has 0 aromatic heterocycles. The Labute approximate surface area is 315 Å².